The third-order valence-electron chi connectivity index (χ3n) is 5.93. The predicted molar refractivity (Wildman–Crippen MR) is 134 cm³/mol. The van der Waals surface area contributed by atoms with Crippen molar-refractivity contribution < 1.29 is 14.3 Å². The highest BCUT2D eigenvalue weighted by molar-refractivity contribution is 5.93. The van der Waals surface area contributed by atoms with Crippen LogP contribution < -0.4 is 20.7 Å². The highest BCUT2D eigenvalue weighted by atomic mass is 16.6. The van der Waals surface area contributed by atoms with Crippen LogP contribution in [0.5, 0.6) is 5.75 Å². The lowest BCUT2D eigenvalue weighted by Gasteiger charge is -2.21. The van der Waals surface area contributed by atoms with Gasteiger partial charge in [-0.25, -0.2) is 14.3 Å². The molecule has 2 aromatic heterocycles. The second-order valence-corrected chi connectivity index (χ2v) is 9.72. The van der Waals surface area contributed by atoms with E-state index in [0.29, 0.717) is 23.3 Å². The SMILES string of the molecule is COc1cc(-c2cc(N3CC[C@H](N(C)C)C3)n3ncnc(N)c23)ccc1NC(=O)OC(C)(C)C. The van der Waals surface area contributed by atoms with Crippen molar-refractivity contribution in [2.75, 3.05) is 50.2 Å². The Hall–Kier alpha value is -3.53. The zero-order valence-electron chi connectivity index (χ0n) is 20.6. The highest BCUT2D eigenvalue weighted by Gasteiger charge is 2.28. The van der Waals surface area contributed by atoms with Gasteiger partial charge in [-0.1, -0.05) is 6.07 Å². The number of nitrogens with two attached hydrogens (primary N) is 1. The van der Waals surface area contributed by atoms with Gasteiger partial charge < -0.3 is 25.0 Å². The molecule has 182 valence electrons. The Morgan fingerprint density at radius 1 is 1.26 bits per heavy atom. The lowest BCUT2D eigenvalue weighted by atomic mass is 10.1. The molecule has 0 bridgehead atoms. The summed E-state index contributed by atoms with van der Waals surface area (Å²) in [5.74, 6) is 1.88. The first kappa shape index (κ1) is 23.6. The number of hydrogen-bond donors (Lipinski definition) is 2. The third kappa shape index (κ3) is 4.72. The number of nitrogens with one attached hydrogen (secondary N) is 1. The molecule has 3 heterocycles. The molecule has 0 aliphatic carbocycles. The molecule has 10 heteroatoms. The van der Waals surface area contributed by atoms with Crippen LogP contribution in [-0.2, 0) is 4.74 Å². The largest absolute Gasteiger partial charge is 0.495 e. The quantitative estimate of drug-likeness (QED) is 0.587. The van der Waals surface area contributed by atoms with Crippen LogP contribution in [-0.4, -0.2) is 71.5 Å². The summed E-state index contributed by atoms with van der Waals surface area (Å²) in [6.07, 6.45) is 2.01. The Balaban J connectivity index is 1.72. The maximum atomic E-state index is 12.3. The first-order valence-electron chi connectivity index (χ1n) is 11.3. The molecule has 0 unspecified atom stereocenters. The van der Waals surface area contributed by atoms with Crippen LogP contribution in [0, 0.1) is 0 Å². The van der Waals surface area contributed by atoms with Crippen LogP contribution in [0.4, 0.5) is 22.1 Å². The number of nitrogens with zero attached hydrogens (tertiary/aromatic N) is 5. The molecule has 3 aromatic rings. The van der Waals surface area contributed by atoms with Crippen LogP contribution in [0.1, 0.15) is 27.2 Å². The van der Waals surface area contributed by atoms with E-state index >= 15 is 0 Å². The van der Waals surface area contributed by atoms with Gasteiger partial charge in [-0.15, -0.1) is 0 Å². The van der Waals surface area contributed by atoms with Crippen molar-refractivity contribution in [1.29, 1.82) is 0 Å². The van der Waals surface area contributed by atoms with Gasteiger partial charge in [-0.05, 0) is 65.0 Å². The number of benzene rings is 1. The number of fused-ring (bicyclic) bond motifs is 1. The van der Waals surface area contributed by atoms with E-state index in [-0.39, 0.29) is 0 Å². The standard InChI is InChI=1S/C24H33N7O3/c1-24(2,3)34-23(32)28-18-8-7-15(11-19(18)33-6)17-12-20(30-10-9-16(13-30)29(4)5)31-21(17)22(25)26-14-27-31/h7-8,11-12,14,16H,9-10,13H2,1-6H3,(H,28,32)(H2,25,26,27)/t16-/m0/s1. The number of nitrogen functional groups attached to an aromatic ring is 1. The van der Waals surface area contributed by atoms with Gasteiger partial charge in [-0.3, -0.25) is 5.32 Å². The number of aromatic nitrogens is 3. The number of rotatable bonds is 5. The van der Waals surface area contributed by atoms with Crippen molar-refractivity contribution in [2.24, 2.45) is 0 Å². The lowest BCUT2D eigenvalue weighted by molar-refractivity contribution is 0.0635. The fourth-order valence-corrected chi connectivity index (χ4v) is 4.24. The Bertz CT molecular complexity index is 1200. The molecule has 0 saturated carbocycles. The Labute approximate surface area is 199 Å². The molecule has 3 N–H and O–H groups in total. The molecular weight excluding hydrogens is 434 g/mol. The summed E-state index contributed by atoms with van der Waals surface area (Å²) in [7, 11) is 5.77. The minimum absolute atomic E-state index is 0.398. The van der Waals surface area contributed by atoms with Gasteiger partial charge in [0.15, 0.2) is 5.82 Å². The summed E-state index contributed by atoms with van der Waals surface area (Å²) in [6.45, 7) is 7.29. The summed E-state index contributed by atoms with van der Waals surface area (Å²) in [5.41, 5.74) is 8.72. The Morgan fingerprint density at radius 2 is 2.03 bits per heavy atom. The van der Waals surface area contributed by atoms with Gasteiger partial charge in [-0.2, -0.15) is 5.10 Å². The Morgan fingerprint density at radius 3 is 2.68 bits per heavy atom. The molecule has 1 aliphatic rings. The topological polar surface area (TPSA) is 110 Å². The number of likely N-dealkylation sites (N-methyl/N-ethyl adjacent to an activating group) is 1. The zero-order chi connectivity index (χ0) is 24.6. The minimum atomic E-state index is -0.599. The minimum Gasteiger partial charge on any atom is -0.495 e. The fraction of sp³-hybridized carbons (Fsp3) is 0.458. The second kappa shape index (κ2) is 9.02. The summed E-state index contributed by atoms with van der Waals surface area (Å²) in [5, 5.41) is 7.26. The van der Waals surface area contributed by atoms with Crippen molar-refractivity contribution >= 4 is 28.9 Å². The van der Waals surface area contributed by atoms with E-state index in [1.807, 2.05) is 37.4 Å². The van der Waals surface area contributed by atoms with E-state index in [1.54, 1.807) is 13.2 Å². The molecule has 0 radical (unpaired) electrons. The van der Waals surface area contributed by atoms with E-state index < -0.39 is 11.7 Å². The molecule has 1 saturated heterocycles. The van der Waals surface area contributed by atoms with Crippen molar-refractivity contribution in [3.8, 4) is 16.9 Å². The van der Waals surface area contributed by atoms with Crippen LogP contribution >= 0.6 is 0 Å². The molecule has 1 aliphatic heterocycles. The van der Waals surface area contributed by atoms with Gasteiger partial charge in [0.05, 0.1) is 12.8 Å². The van der Waals surface area contributed by atoms with E-state index in [4.69, 9.17) is 15.2 Å². The van der Waals surface area contributed by atoms with E-state index in [1.165, 1.54) is 6.33 Å². The van der Waals surface area contributed by atoms with Crippen LogP contribution in [0.25, 0.3) is 16.6 Å². The van der Waals surface area contributed by atoms with E-state index in [0.717, 1.165) is 42.0 Å². The normalized spacial score (nSPS) is 16.3. The van der Waals surface area contributed by atoms with Crippen molar-refractivity contribution in [1.82, 2.24) is 19.5 Å². The molecule has 1 atom stereocenters. The maximum absolute atomic E-state index is 12.3. The molecule has 4 rings (SSSR count). The van der Waals surface area contributed by atoms with Gasteiger partial charge in [0.2, 0.25) is 0 Å². The van der Waals surface area contributed by atoms with Gasteiger partial charge >= 0.3 is 6.09 Å². The van der Waals surface area contributed by atoms with Gasteiger partial charge in [0.1, 0.15) is 29.0 Å². The van der Waals surface area contributed by atoms with Gasteiger partial charge in [0.25, 0.3) is 0 Å². The molecule has 10 nitrogen and oxygen atoms in total. The molecule has 34 heavy (non-hydrogen) atoms. The highest BCUT2D eigenvalue weighted by Crippen LogP contribution is 2.38. The molecule has 1 fully saturated rings. The molecule has 0 spiro atoms. The first-order valence-corrected chi connectivity index (χ1v) is 11.3. The summed E-state index contributed by atoms with van der Waals surface area (Å²) in [4.78, 5) is 21.1. The predicted octanol–water partition coefficient (Wildman–Crippen LogP) is 3.47. The molecule has 1 aromatic carbocycles. The van der Waals surface area contributed by atoms with E-state index in [2.05, 4.69) is 45.4 Å². The van der Waals surface area contributed by atoms with Crippen molar-refractivity contribution in [3.63, 3.8) is 0 Å². The van der Waals surface area contributed by atoms with Crippen LogP contribution in [0.2, 0.25) is 0 Å². The molecular formula is C24H33N7O3. The van der Waals surface area contributed by atoms with Gasteiger partial charge in [0, 0.05) is 24.7 Å². The number of amides is 1. The number of carbonyl (C=O) groups is 1. The third-order valence-corrected chi connectivity index (χ3v) is 5.93. The number of hydrogen-bond acceptors (Lipinski definition) is 8. The summed E-state index contributed by atoms with van der Waals surface area (Å²) >= 11 is 0. The lowest BCUT2D eigenvalue weighted by Crippen LogP contribution is -2.31. The number of methoxy groups -OCH3 is 1. The summed E-state index contributed by atoms with van der Waals surface area (Å²) in [6, 6.07) is 8.14. The average molecular weight is 468 g/mol. The van der Waals surface area contributed by atoms with Crippen molar-refractivity contribution in [3.05, 3.63) is 30.6 Å². The Kier molecular flexibility index (Phi) is 6.26. The van der Waals surface area contributed by atoms with E-state index in [9.17, 15) is 4.79 Å². The smallest absolute Gasteiger partial charge is 0.412 e. The fourth-order valence-electron chi connectivity index (χ4n) is 4.24. The monoisotopic (exact) mass is 467 g/mol. The van der Waals surface area contributed by atoms with Crippen LogP contribution in [0.15, 0.2) is 30.6 Å². The number of carbonyl (C=O) groups excluding carboxylic acids is 1. The zero-order valence-corrected chi connectivity index (χ0v) is 20.6. The number of ether oxygens (including phenoxy) is 2. The number of anilines is 3. The second-order valence-electron chi connectivity index (χ2n) is 9.72. The molecule has 1 amide bonds. The summed E-state index contributed by atoms with van der Waals surface area (Å²) < 4.78 is 12.8. The first-order chi connectivity index (χ1) is 16.1. The maximum Gasteiger partial charge on any atom is 0.412 e. The average Bonchev–Trinajstić information content (AvgIpc) is 3.38. The van der Waals surface area contributed by atoms with Crippen molar-refractivity contribution in [2.45, 2.75) is 38.8 Å². The van der Waals surface area contributed by atoms with Crippen LogP contribution in [0.3, 0.4) is 0 Å².